The number of carbonyl (C=O) groups excluding carboxylic acids is 2. The van der Waals surface area contributed by atoms with Crippen LogP contribution >= 0.6 is 0 Å². The summed E-state index contributed by atoms with van der Waals surface area (Å²) in [6.07, 6.45) is 0.146. The largest absolute Gasteiger partial charge is 0.437 e. The predicted molar refractivity (Wildman–Crippen MR) is 128 cm³/mol. The average Bonchev–Trinajstić information content (AvgIpc) is 3.47. The first-order valence-corrected chi connectivity index (χ1v) is 12.3. The van der Waals surface area contributed by atoms with Gasteiger partial charge in [-0.25, -0.2) is 18.6 Å². The smallest absolute Gasteiger partial charge is 0.393 e. The Labute approximate surface area is 215 Å². The highest BCUT2D eigenvalue weighted by molar-refractivity contribution is 5.88. The van der Waals surface area contributed by atoms with Crippen LogP contribution in [0.2, 0.25) is 0 Å². The minimum Gasteiger partial charge on any atom is -0.393 e. The maximum atomic E-state index is 14.9. The van der Waals surface area contributed by atoms with E-state index >= 15 is 0 Å². The molecule has 38 heavy (non-hydrogen) atoms. The Kier molecular flexibility index (Phi) is 6.80. The molecule has 1 aliphatic carbocycles. The number of benzene rings is 1. The van der Waals surface area contributed by atoms with E-state index in [-0.39, 0.29) is 23.7 Å². The van der Waals surface area contributed by atoms with E-state index in [2.05, 4.69) is 15.4 Å². The molecule has 0 unspecified atom stereocenters. The van der Waals surface area contributed by atoms with Crippen molar-refractivity contribution in [2.24, 2.45) is 0 Å². The van der Waals surface area contributed by atoms with Crippen molar-refractivity contribution in [1.29, 1.82) is 0 Å². The third-order valence-electron chi connectivity index (χ3n) is 7.01. The van der Waals surface area contributed by atoms with E-state index < -0.39 is 60.3 Å². The number of alkyl halides is 2. The van der Waals surface area contributed by atoms with E-state index in [9.17, 15) is 27.6 Å². The summed E-state index contributed by atoms with van der Waals surface area (Å²) in [5.41, 5.74) is 0.970. The highest BCUT2D eigenvalue weighted by Crippen LogP contribution is 2.48. The van der Waals surface area contributed by atoms with Crippen LogP contribution in [0.5, 0.6) is 0 Å². The molecule has 2 fully saturated rings. The average molecular weight is 530 g/mol. The van der Waals surface area contributed by atoms with Crippen molar-refractivity contribution in [1.82, 2.24) is 25.0 Å². The van der Waals surface area contributed by atoms with Crippen LogP contribution in [0, 0.1) is 12.9 Å². The quantitative estimate of drug-likeness (QED) is 0.471. The summed E-state index contributed by atoms with van der Waals surface area (Å²) in [7, 11) is 0. The normalized spacial score (nSPS) is 19.7. The molecule has 0 bridgehead atoms. The van der Waals surface area contributed by atoms with Crippen molar-refractivity contribution >= 4 is 11.8 Å². The van der Waals surface area contributed by atoms with E-state index in [1.807, 2.05) is 0 Å². The predicted octanol–water partition coefficient (Wildman–Crippen LogP) is 3.09. The van der Waals surface area contributed by atoms with Gasteiger partial charge in [-0.15, -0.1) is 5.10 Å². The van der Waals surface area contributed by atoms with Gasteiger partial charge in [0.25, 0.3) is 0 Å². The molecule has 1 aromatic carbocycles. The first-order valence-electron chi connectivity index (χ1n) is 12.3. The number of pyridine rings is 1. The number of nitrogens with zero attached hydrogens (tertiary/aromatic N) is 4. The number of rotatable bonds is 7. The molecule has 3 heterocycles. The number of likely N-dealkylation sites (tertiary alicyclic amines) is 1. The number of aromatic nitrogens is 3. The molecule has 3 aromatic rings. The Morgan fingerprint density at radius 3 is 2.55 bits per heavy atom. The third-order valence-corrected chi connectivity index (χ3v) is 7.01. The van der Waals surface area contributed by atoms with Gasteiger partial charge in [0.2, 0.25) is 29.6 Å². The monoisotopic (exact) mass is 529 g/mol. The molecule has 200 valence electrons. The summed E-state index contributed by atoms with van der Waals surface area (Å²) < 4.78 is 47.3. The zero-order valence-electron chi connectivity index (χ0n) is 20.6. The van der Waals surface area contributed by atoms with Gasteiger partial charge in [0.1, 0.15) is 12.6 Å². The number of halogens is 3. The zero-order valence-corrected chi connectivity index (χ0v) is 20.6. The van der Waals surface area contributed by atoms with Gasteiger partial charge in [0.15, 0.2) is 0 Å². The van der Waals surface area contributed by atoms with Crippen LogP contribution in [0.3, 0.4) is 0 Å². The summed E-state index contributed by atoms with van der Waals surface area (Å²) in [5, 5.41) is 6.76. The highest BCUT2D eigenvalue weighted by atomic mass is 19.3. The van der Waals surface area contributed by atoms with Gasteiger partial charge in [-0.3, -0.25) is 9.59 Å². The van der Waals surface area contributed by atoms with Gasteiger partial charge in [-0.1, -0.05) is 36.4 Å². The van der Waals surface area contributed by atoms with Crippen molar-refractivity contribution in [3.63, 3.8) is 0 Å². The molecule has 5 rings (SSSR count). The highest BCUT2D eigenvalue weighted by Gasteiger charge is 2.47. The van der Waals surface area contributed by atoms with Gasteiger partial charge < -0.3 is 14.6 Å². The van der Waals surface area contributed by atoms with Crippen molar-refractivity contribution in [2.75, 3.05) is 6.54 Å². The molecule has 2 atom stereocenters. The van der Waals surface area contributed by atoms with Crippen molar-refractivity contribution in [2.45, 2.75) is 63.1 Å². The molecule has 1 saturated carbocycles. The fraction of sp³-hybridized carbons (Fsp3) is 0.423. The van der Waals surface area contributed by atoms with Crippen LogP contribution in [0.1, 0.15) is 60.4 Å². The Morgan fingerprint density at radius 1 is 1.18 bits per heavy atom. The molecule has 2 amide bonds. The molecular weight excluding hydrogens is 503 g/mol. The summed E-state index contributed by atoms with van der Waals surface area (Å²) >= 11 is 0. The molecule has 0 radical (unpaired) electrons. The molecule has 2 aromatic heterocycles. The summed E-state index contributed by atoms with van der Waals surface area (Å²) in [4.78, 5) is 43.6. The fourth-order valence-corrected chi connectivity index (χ4v) is 5.08. The number of nitrogens with one attached hydrogen (secondary N) is 1. The van der Waals surface area contributed by atoms with E-state index in [0.717, 1.165) is 4.68 Å². The Morgan fingerprint density at radius 2 is 1.92 bits per heavy atom. The Bertz CT molecular complexity index is 1400. The van der Waals surface area contributed by atoms with Gasteiger partial charge in [-0.05, 0) is 30.4 Å². The second kappa shape index (κ2) is 10.1. The molecule has 0 spiro atoms. The van der Waals surface area contributed by atoms with Gasteiger partial charge in [0, 0.05) is 31.9 Å². The van der Waals surface area contributed by atoms with Crippen molar-refractivity contribution in [3.05, 3.63) is 81.7 Å². The van der Waals surface area contributed by atoms with E-state index in [1.54, 1.807) is 30.3 Å². The number of amides is 2. The van der Waals surface area contributed by atoms with Crippen molar-refractivity contribution < 1.29 is 27.2 Å². The maximum Gasteiger partial charge on any atom is 0.437 e. The fourth-order valence-electron chi connectivity index (χ4n) is 5.08. The molecule has 2 aliphatic rings. The van der Waals surface area contributed by atoms with E-state index in [0.29, 0.717) is 24.9 Å². The lowest BCUT2D eigenvalue weighted by atomic mass is 9.77. The molecule has 1 saturated heterocycles. The lowest BCUT2D eigenvalue weighted by Crippen LogP contribution is -2.48. The lowest BCUT2D eigenvalue weighted by Gasteiger charge is -2.35. The Hall–Kier alpha value is -3.96. The third kappa shape index (κ3) is 5.20. The van der Waals surface area contributed by atoms with Crippen LogP contribution in [0.25, 0.3) is 0 Å². The number of aryl methyl sites for hydroxylation is 1. The van der Waals surface area contributed by atoms with Crippen LogP contribution < -0.4 is 11.1 Å². The first kappa shape index (κ1) is 25.7. The minimum atomic E-state index is -2.79. The molecular formula is C26H26F3N5O4. The van der Waals surface area contributed by atoms with Gasteiger partial charge >= 0.3 is 5.76 Å². The Balaban J connectivity index is 1.35. The van der Waals surface area contributed by atoms with Gasteiger partial charge in [-0.2, -0.15) is 9.07 Å². The summed E-state index contributed by atoms with van der Waals surface area (Å²) in [5.74, 6) is -5.79. The second-order valence-electron chi connectivity index (χ2n) is 9.72. The molecule has 1 N–H and O–H groups in total. The first-order chi connectivity index (χ1) is 18.1. The lowest BCUT2D eigenvalue weighted by molar-refractivity contribution is -0.139. The van der Waals surface area contributed by atoms with E-state index in [4.69, 9.17) is 4.42 Å². The molecule has 1 aliphatic heterocycles. The maximum absolute atomic E-state index is 14.9. The SMILES string of the molecule is Cc1nn(CC(=O)N2CCC[C@H]2C(=O)N[C@@H](c2ccccc2)c2ccc(C3CC(F)(F)C3)c(F)n2)c(=O)o1. The minimum absolute atomic E-state index is 0.126. The number of hydrogen-bond acceptors (Lipinski definition) is 6. The number of hydrogen-bond donors (Lipinski definition) is 1. The van der Waals surface area contributed by atoms with Crippen LogP contribution in [-0.4, -0.2) is 50.0 Å². The topological polar surface area (TPSA) is 110 Å². The second-order valence-corrected chi connectivity index (χ2v) is 9.72. The summed E-state index contributed by atoms with van der Waals surface area (Å²) in [6.45, 7) is 1.45. The number of carbonyl (C=O) groups is 2. The zero-order chi connectivity index (χ0) is 27.0. The van der Waals surface area contributed by atoms with E-state index in [1.165, 1.54) is 24.0 Å². The van der Waals surface area contributed by atoms with Crippen LogP contribution in [0.15, 0.2) is 51.7 Å². The van der Waals surface area contributed by atoms with Crippen molar-refractivity contribution in [3.8, 4) is 0 Å². The van der Waals surface area contributed by atoms with Crippen LogP contribution in [-0.2, 0) is 16.1 Å². The molecule has 12 heteroatoms. The standard InChI is InChI=1S/C26H26F3N5O4/c1-15-32-34(25(37)38-15)14-21(35)33-11-5-8-20(33)24(36)31-22(16-6-3-2-4-7-16)19-10-9-18(23(27)30-19)17-12-26(28,29)13-17/h2-4,6-7,9-10,17,20,22H,5,8,11-14H2,1H3,(H,31,36)/t20-,22-/m0/s1. The van der Waals surface area contributed by atoms with Gasteiger partial charge in [0.05, 0.1) is 11.7 Å². The summed E-state index contributed by atoms with van der Waals surface area (Å²) in [6, 6.07) is 10.2. The van der Waals surface area contributed by atoms with Crippen LogP contribution in [0.4, 0.5) is 13.2 Å². The molecule has 9 nitrogen and oxygen atoms in total.